The van der Waals surface area contributed by atoms with Gasteiger partial charge in [-0.3, -0.25) is 9.59 Å². The van der Waals surface area contributed by atoms with Crippen molar-refractivity contribution in [1.29, 1.82) is 0 Å². The monoisotopic (exact) mass is 267 g/mol. The fraction of sp³-hybridized carbons (Fsp3) is 0.538. The summed E-state index contributed by atoms with van der Waals surface area (Å²) in [5.74, 6) is -0.113. The highest BCUT2D eigenvalue weighted by atomic mass is 16.5. The van der Waals surface area contributed by atoms with Gasteiger partial charge in [0, 0.05) is 18.7 Å². The Hall–Kier alpha value is -1.82. The molecule has 19 heavy (non-hydrogen) atoms. The molecule has 1 aliphatic rings. The lowest BCUT2D eigenvalue weighted by Gasteiger charge is -2.31. The lowest BCUT2D eigenvalue weighted by molar-refractivity contribution is -0.141. The average molecular weight is 267 g/mol. The summed E-state index contributed by atoms with van der Waals surface area (Å²) < 4.78 is 10.7. The fourth-order valence-corrected chi connectivity index (χ4v) is 2.22. The van der Waals surface area contributed by atoms with Gasteiger partial charge in [0.05, 0.1) is 19.1 Å². The van der Waals surface area contributed by atoms with Crippen molar-refractivity contribution in [3.05, 3.63) is 23.2 Å². The van der Waals surface area contributed by atoms with Crippen molar-refractivity contribution in [2.45, 2.75) is 26.4 Å². The summed E-state index contributed by atoms with van der Waals surface area (Å²) in [6.45, 7) is 4.69. The number of carbonyl (C=O) groups excluding carboxylic acids is 1. The number of carboxylic acids is 1. The van der Waals surface area contributed by atoms with Crippen LogP contribution in [0.25, 0.3) is 0 Å². The van der Waals surface area contributed by atoms with Gasteiger partial charge in [0.15, 0.2) is 5.76 Å². The first-order valence-corrected chi connectivity index (χ1v) is 6.17. The number of furan rings is 1. The van der Waals surface area contributed by atoms with Crippen molar-refractivity contribution < 1.29 is 23.8 Å². The van der Waals surface area contributed by atoms with Gasteiger partial charge in [0.2, 0.25) is 0 Å². The van der Waals surface area contributed by atoms with Crippen LogP contribution in [-0.2, 0) is 9.53 Å². The molecule has 104 valence electrons. The summed E-state index contributed by atoms with van der Waals surface area (Å²) in [5.41, 5.74) is 0.795. The average Bonchev–Trinajstić information content (AvgIpc) is 2.67. The third kappa shape index (κ3) is 3.14. The molecule has 1 N–H and O–H groups in total. The van der Waals surface area contributed by atoms with E-state index in [2.05, 4.69) is 0 Å². The molecule has 1 fully saturated rings. The van der Waals surface area contributed by atoms with E-state index in [-0.39, 0.29) is 18.9 Å². The Morgan fingerprint density at radius 3 is 2.79 bits per heavy atom. The fourth-order valence-electron chi connectivity index (χ4n) is 2.22. The predicted molar refractivity (Wildman–Crippen MR) is 66.1 cm³/mol. The van der Waals surface area contributed by atoms with Crippen LogP contribution in [0.1, 0.15) is 28.3 Å². The molecule has 0 bridgehead atoms. The van der Waals surface area contributed by atoms with E-state index < -0.39 is 12.1 Å². The molecule has 1 saturated heterocycles. The summed E-state index contributed by atoms with van der Waals surface area (Å²) >= 11 is 0. The molecule has 1 aromatic rings. The number of morpholine rings is 1. The number of hydrogen-bond acceptors (Lipinski definition) is 4. The zero-order valence-corrected chi connectivity index (χ0v) is 11.0. The summed E-state index contributed by atoms with van der Waals surface area (Å²) in [4.78, 5) is 24.5. The second kappa shape index (κ2) is 5.44. The standard InChI is InChI=1S/C13H17NO5/c1-8-5-9(2)19-12(8)13(17)14-3-4-18-10(7-14)6-11(15)16/h5,10H,3-4,6-7H2,1-2H3,(H,15,16). The van der Waals surface area contributed by atoms with Crippen molar-refractivity contribution in [3.8, 4) is 0 Å². The van der Waals surface area contributed by atoms with E-state index in [1.807, 2.05) is 13.0 Å². The van der Waals surface area contributed by atoms with E-state index in [1.54, 1.807) is 11.8 Å². The van der Waals surface area contributed by atoms with E-state index in [1.165, 1.54) is 0 Å². The minimum Gasteiger partial charge on any atom is -0.481 e. The van der Waals surface area contributed by atoms with Crippen LogP contribution in [0.15, 0.2) is 10.5 Å². The summed E-state index contributed by atoms with van der Waals surface area (Å²) in [6.07, 6.45) is -0.550. The predicted octanol–water partition coefficient (Wildman–Crippen LogP) is 1.21. The van der Waals surface area contributed by atoms with E-state index in [0.717, 1.165) is 5.56 Å². The molecule has 0 saturated carbocycles. The van der Waals surface area contributed by atoms with Gasteiger partial charge in [0.25, 0.3) is 5.91 Å². The SMILES string of the molecule is Cc1cc(C)c(C(=O)N2CCOC(CC(=O)O)C2)o1. The molecule has 0 aromatic carbocycles. The lowest BCUT2D eigenvalue weighted by Crippen LogP contribution is -2.46. The molecule has 0 radical (unpaired) electrons. The van der Waals surface area contributed by atoms with E-state index >= 15 is 0 Å². The molecule has 2 heterocycles. The quantitative estimate of drug-likeness (QED) is 0.890. The van der Waals surface area contributed by atoms with Crippen LogP contribution in [0, 0.1) is 13.8 Å². The second-order valence-electron chi connectivity index (χ2n) is 4.71. The first-order valence-electron chi connectivity index (χ1n) is 6.17. The van der Waals surface area contributed by atoms with Crippen LogP contribution in [0.5, 0.6) is 0 Å². The first kappa shape index (κ1) is 13.6. The molecule has 1 atom stereocenters. The van der Waals surface area contributed by atoms with E-state index in [9.17, 15) is 9.59 Å². The molecule has 1 amide bonds. The van der Waals surface area contributed by atoms with Crippen molar-refractivity contribution in [3.63, 3.8) is 0 Å². The molecule has 6 nitrogen and oxygen atoms in total. The maximum Gasteiger partial charge on any atom is 0.306 e. The van der Waals surface area contributed by atoms with E-state index in [4.69, 9.17) is 14.3 Å². The van der Waals surface area contributed by atoms with Gasteiger partial charge in [-0.2, -0.15) is 0 Å². The van der Waals surface area contributed by atoms with Crippen LogP contribution >= 0.6 is 0 Å². The zero-order chi connectivity index (χ0) is 14.0. The minimum absolute atomic E-state index is 0.0973. The largest absolute Gasteiger partial charge is 0.481 e. The van der Waals surface area contributed by atoms with Crippen molar-refractivity contribution in [2.24, 2.45) is 0 Å². The maximum atomic E-state index is 12.3. The Labute approximate surface area is 110 Å². The number of hydrogen-bond donors (Lipinski definition) is 1. The molecule has 1 unspecified atom stereocenters. The second-order valence-corrected chi connectivity index (χ2v) is 4.71. The van der Waals surface area contributed by atoms with Gasteiger partial charge >= 0.3 is 5.97 Å². The molecular formula is C13H17NO5. The van der Waals surface area contributed by atoms with Gasteiger partial charge in [-0.1, -0.05) is 0 Å². The van der Waals surface area contributed by atoms with E-state index in [0.29, 0.717) is 24.7 Å². The lowest BCUT2D eigenvalue weighted by atomic mass is 10.2. The van der Waals surface area contributed by atoms with Crippen LogP contribution < -0.4 is 0 Å². The maximum absolute atomic E-state index is 12.3. The zero-order valence-electron chi connectivity index (χ0n) is 11.0. The normalized spacial score (nSPS) is 19.5. The number of carbonyl (C=O) groups is 2. The Bertz CT molecular complexity index is 493. The number of nitrogens with zero attached hydrogens (tertiary/aromatic N) is 1. The molecule has 0 aliphatic carbocycles. The Morgan fingerprint density at radius 1 is 1.47 bits per heavy atom. The topological polar surface area (TPSA) is 80.0 Å². The van der Waals surface area contributed by atoms with Crippen LogP contribution in [0.2, 0.25) is 0 Å². The van der Waals surface area contributed by atoms with Gasteiger partial charge in [-0.25, -0.2) is 0 Å². The smallest absolute Gasteiger partial charge is 0.306 e. The van der Waals surface area contributed by atoms with Crippen molar-refractivity contribution in [1.82, 2.24) is 4.90 Å². The number of aliphatic carboxylic acids is 1. The highest BCUT2D eigenvalue weighted by molar-refractivity contribution is 5.93. The summed E-state index contributed by atoms with van der Waals surface area (Å²) in [6, 6.07) is 1.81. The van der Waals surface area contributed by atoms with Crippen molar-refractivity contribution in [2.75, 3.05) is 19.7 Å². The Morgan fingerprint density at radius 2 is 2.21 bits per heavy atom. The summed E-state index contributed by atoms with van der Waals surface area (Å²) in [5, 5.41) is 8.75. The third-order valence-electron chi connectivity index (χ3n) is 3.06. The molecule has 1 aliphatic heterocycles. The van der Waals surface area contributed by atoms with Crippen LogP contribution in [0.3, 0.4) is 0 Å². The number of amides is 1. The summed E-state index contributed by atoms with van der Waals surface area (Å²) in [7, 11) is 0. The third-order valence-corrected chi connectivity index (χ3v) is 3.06. The van der Waals surface area contributed by atoms with Gasteiger partial charge in [-0.05, 0) is 19.9 Å². The minimum atomic E-state index is -0.927. The molecule has 1 aromatic heterocycles. The number of aryl methyl sites for hydroxylation is 2. The molecular weight excluding hydrogens is 250 g/mol. The molecule has 2 rings (SSSR count). The Kier molecular flexibility index (Phi) is 3.90. The molecule has 6 heteroatoms. The molecule has 0 spiro atoms. The highest BCUT2D eigenvalue weighted by Gasteiger charge is 2.28. The number of rotatable bonds is 3. The van der Waals surface area contributed by atoms with Gasteiger partial charge < -0.3 is 19.2 Å². The van der Waals surface area contributed by atoms with Crippen LogP contribution in [-0.4, -0.2) is 47.7 Å². The van der Waals surface area contributed by atoms with Gasteiger partial charge in [0.1, 0.15) is 5.76 Å². The highest BCUT2D eigenvalue weighted by Crippen LogP contribution is 2.18. The number of carboxylic acid groups (broad SMARTS) is 1. The Balaban J connectivity index is 2.07. The first-order chi connectivity index (χ1) is 8.97. The van der Waals surface area contributed by atoms with Gasteiger partial charge in [-0.15, -0.1) is 0 Å². The number of ether oxygens (including phenoxy) is 1. The van der Waals surface area contributed by atoms with Crippen LogP contribution in [0.4, 0.5) is 0 Å². The van der Waals surface area contributed by atoms with Crippen molar-refractivity contribution >= 4 is 11.9 Å².